The second kappa shape index (κ2) is 4.42. The normalized spacial score (nSPS) is 9.54. The van der Waals surface area contributed by atoms with Gasteiger partial charge in [0.05, 0.1) is 10.2 Å². The molecule has 0 aromatic heterocycles. The van der Waals surface area contributed by atoms with Crippen LogP contribution in [-0.2, 0) is 0 Å². The molecule has 0 fully saturated rings. The highest BCUT2D eigenvalue weighted by Crippen LogP contribution is 1.89. The standard InChI is InChI=1S/C2H7N9O2/c3-1(4)7-8-9-10(2(5)6)11(12)13/h(H3,5,6)(H4,3,4,7,9). The third-order valence-corrected chi connectivity index (χ3v) is 0.655. The van der Waals surface area contributed by atoms with Crippen molar-refractivity contribution in [1.29, 1.82) is 5.41 Å². The summed E-state index contributed by atoms with van der Waals surface area (Å²) < 4.78 is 0. The lowest BCUT2D eigenvalue weighted by Gasteiger charge is -2.01. The van der Waals surface area contributed by atoms with Crippen molar-refractivity contribution < 1.29 is 5.03 Å². The molecule has 11 nitrogen and oxygen atoms in total. The number of guanidine groups is 2. The summed E-state index contributed by atoms with van der Waals surface area (Å²) in [5.41, 5.74) is 14.4. The molecule has 0 amide bonds. The molecule has 0 saturated carbocycles. The van der Waals surface area contributed by atoms with E-state index in [4.69, 9.17) is 22.6 Å². The van der Waals surface area contributed by atoms with Crippen LogP contribution in [0.15, 0.2) is 15.5 Å². The fourth-order valence-corrected chi connectivity index (χ4v) is 0.278. The number of nitrogens with two attached hydrogens (primary N) is 3. The van der Waals surface area contributed by atoms with Gasteiger partial charge in [-0.1, -0.05) is 5.10 Å². The Labute approximate surface area is 71.5 Å². The largest absolute Gasteiger partial charge is 0.368 e. The smallest absolute Gasteiger partial charge is 0.282 e. The first-order chi connectivity index (χ1) is 5.95. The first-order valence-electron chi connectivity index (χ1n) is 2.73. The number of rotatable bonds is 3. The van der Waals surface area contributed by atoms with Crippen LogP contribution in [0.5, 0.6) is 0 Å². The summed E-state index contributed by atoms with van der Waals surface area (Å²) in [4.78, 5) is 10.1. The Morgan fingerprint density at radius 2 is 2.00 bits per heavy atom. The first-order valence-corrected chi connectivity index (χ1v) is 2.73. The zero-order chi connectivity index (χ0) is 10.4. The van der Waals surface area contributed by atoms with E-state index < -0.39 is 17.0 Å². The van der Waals surface area contributed by atoms with E-state index in [0.717, 1.165) is 0 Å². The molecule has 0 aliphatic heterocycles. The van der Waals surface area contributed by atoms with Crippen LogP contribution in [0.3, 0.4) is 0 Å². The van der Waals surface area contributed by atoms with Gasteiger partial charge in [0.15, 0.2) is 0 Å². The molecule has 0 heterocycles. The third kappa shape index (κ3) is 4.07. The Kier molecular flexibility index (Phi) is 3.59. The molecule has 0 unspecified atom stereocenters. The number of nitrogens with one attached hydrogen (secondary N) is 1. The molecule has 7 N–H and O–H groups in total. The van der Waals surface area contributed by atoms with Crippen LogP contribution >= 0.6 is 0 Å². The Morgan fingerprint density at radius 3 is 2.31 bits per heavy atom. The van der Waals surface area contributed by atoms with E-state index in [1.807, 2.05) is 0 Å². The predicted molar refractivity (Wildman–Crippen MR) is 41.4 cm³/mol. The average molecular weight is 189 g/mol. The fourth-order valence-electron chi connectivity index (χ4n) is 0.278. The number of nitrogens with zero attached hydrogens (tertiary/aromatic N) is 5. The van der Waals surface area contributed by atoms with E-state index in [9.17, 15) is 10.1 Å². The minimum absolute atomic E-state index is 0.105. The summed E-state index contributed by atoms with van der Waals surface area (Å²) in [7, 11) is 0. The van der Waals surface area contributed by atoms with Crippen LogP contribution in [0.2, 0.25) is 0 Å². The molecule has 0 aliphatic rings. The lowest BCUT2D eigenvalue weighted by atomic mass is 11.1. The first kappa shape index (κ1) is 10.5. The van der Waals surface area contributed by atoms with Gasteiger partial charge in [-0.25, -0.2) is 0 Å². The van der Waals surface area contributed by atoms with Crippen molar-refractivity contribution in [3.05, 3.63) is 10.1 Å². The van der Waals surface area contributed by atoms with Gasteiger partial charge in [0.2, 0.25) is 11.2 Å². The average Bonchev–Trinajstić information content (AvgIpc) is 1.95. The van der Waals surface area contributed by atoms with Gasteiger partial charge < -0.3 is 27.3 Å². The molecule has 0 aliphatic carbocycles. The Bertz CT molecular complexity index is 249. The maximum absolute atomic E-state index is 10.1. The number of hydrogen-bond acceptors (Lipinski definition) is 5. The third-order valence-electron chi connectivity index (χ3n) is 0.655. The van der Waals surface area contributed by atoms with Gasteiger partial charge in [-0.15, -0.1) is 0 Å². The van der Waals surface area contributed by atoms with E-state index >= 15 is 0 Å². The van der Waals surface area contributed by atoms with Crippen molar-refractivity contribution in [2.45, 2.75) is 0 Å². The number of hydrogen-bond donors (Lipinski definition) is 4. The molecular weight excluding hydrogens is 182 g/mol. The summed E-state index contributed by atoms with van der Waals surface area (Å²) in [5.74, 6) is -1.34. The van der Waals surface area contributed by atoms with Crippen LogP contribution in [0, 0.1) is 15.5 Å². The fraction of sp³-hybridized carbons (Fsp3) is 0. The van der Waals surface area contributed by atoms with Gasteiger partial charge >= 0.3 is 0 Å². The minimum Gasteiger partial charge on any atom is -0.368 e. The van der Waals surface area contributed by atoms with Crippen LogP contribution in [0.25, 0.3) is 0 Å². The maximum atomic E-state index is 10.1. The summed E-state index contributed by atoms with van der Waals surface area (Å²) in [6.45, 7) is 0. The number of nitro groups is 1. The second-order valence-corrected chi connectivity index (χ2v) is 1.62. The van der Waals surface area contributed by atoms with E-state index in [-0.39, 0.29) is 5.12 Å². The van der Waals surface area contributed by atoms with E-state index in [0.29, 0.717) is 0 Å². The molecule has 0 aromatic rings. The summed E-state index contributed by atoms with van der Waals surface area (Å²) in [5, 5.41) is 24.2. The topological polar surface area (TPSA) is 185 Å². The van der Waals surface area contributed by atoms with Crippen LogP contribution in [-0.4, -0.2) is 22.1 Å². The monoisotopic (exact) mass is 189 g/mol. The van der Waals surface area contributed by atoms with Crippen molar-refractivity contribution in [3.8, 4) is 0 Å². The SMILES string of the molecule is N=C(N)N(N=NN=C(N)N)[N+](=O)[O-]. The van der Waals surface area contributed by atoms with Crippen molar-refractivity contribution in [2.75, 3.05) is 0 Å². The lowest BCUT2D eigenvalue weighted by Crippen LogP contribution is -2.36. The molecule has 72 valence electrons. The molecule has 0 spiro atoms. The maximum Gasteiger partial charge on any atom is 0.282 e. The molecule has 0 atom stereocenters. The van der Waals surface area contributed by atoms with Gasteiger partial charge in [0.25, 0.3) is 5.96 Å². The number of hydrazine groups is 1. The van der Waals surface area contributed by atoms with Gasteiger partial charge in [0.1, 0.15) is 5.22 Å². The van der Waals surface area contributed by atoms with Crippen molar-refractivity contribution in [2.24, 2.45) is 32.7 Å². The Morgan fingerprint density at radius 1 is 1.46 bits per heavy atom. The van der Waals surface area contributed by atoms with Crippen molar-refractivity contribution in [3.63, 3.8) is 0 Å². The quantitative estimate of drug-likeness (QED) is 0.130. The lowest BCUT2D eigenvalue weighted by molar-refractivity contribution is -0.633. The van der Waals surface area contributed by atoms with E-state index in [1.165, 1.54) is 0 Å². The molecule has 0 saturated heterocycles. The summed E-state index contributed by atoms with van der Waals surface area (Å²) in [6.07, 6.45) is 0. The highest BCUT2D eigenvalue weighted by molar-refractivity contribution is 5.75. The Hall–Kier alpha value is -2.46. The molecule has 0 rings (SSSR count). The highest BCUT2D eigenvalue weighted by Gasteiger charge is 2.17. The van der Waals surface area contributed by atoms with Crippen LogP contribution < -0.4 is 17.2 Å². The zero-order valence-electron chi connectivity index (χ0n) is 6.28. The van der Waals surface area contributed by atoms with Gasteiger partial charge in [-0.2, -0.15) is 0 Å². The van der Waals surface area contributed by atoms with Gasteiger partial charge in [-0.05, 0) is 0 Å². The molecule has 0 radical (unpaired) electrons. The molecule has 11 heteroatoms. The molecule has 0 bridgehead atoms. The van der Waals surface area contributed by atoms with E-state index in [1.54, 1.807) is 0 Å². The Balaban J connectivity index is 4.44. The van der Waals surface area contributed by atoms with Gasteiger partial charge in [-0.3, -0.25) is 5.41 Å². The zero-order valence-corrected chi connectivity index (χ0v) is 6.28. The van der Waals surface area contributed by atoms with Gasteiger partial charge in [0, 0.05) is 0 Å². The summed E-state index contributed by atoms with van der Waals surface area (Å²) >= 11 is 0. The minimum atomic E-state index is -1.06. The molecule has 13 heavy (non-hydrogen) atoms. The highest BCUT2D eigenvalue weighted by atomic mass is 16.7. The van der Waals surface area contributed by atoms with Crippen molar-refractivity contribution >= 4 is 11.9 Å². The van der Waals surface area contributed by atoms with Crippen LogP contribution in [0.1, 0.15) is 0 Å². The molecular formula is C2H7N9O2. The van der Waals surface area contributed by atoms with Crippen molar-refractivity contribution in [1.82, 2.24) is 5.12 Å². The van der Waals surface area contributed by atoms with Crippen LogP contribution in [0.4, 0.5) is 0 Å². The molecule has 0 aromatic carbocycles. The second-order valence-electron chi connectivity index (χ2n) is 1.62. The summed E-state index contributed by atoms with van der Waals surface area (Å²) in [6, 6.07) is 0. The predicted octanol–water partition coefficient (Wildman–Crippen LogP) is -2.07. The van der Waals surface area contributed by atoms with E-state index in [2.05, 4.69) is 15.5 Å².